The number of amides is 1. The summed E-state index contributed by atoms with van der Waals surface area (Å²) in [6.07, 6.45) is -0.607. The minimum absolute atomic E-state index is 0.246. The van der Waals surface area contributed by atoms with E-state index >= 15 is 0 Å². The maximum absolute atomic E-state index is 11.9. The van der Waals surface area contributed by atoms with E-state index in [1.807, 2.05) is 42.5 Å². The van der Waals surface area contributed by atoms with Crippen molar-refractivity contribution in [2.75, 3.05) is 18.0 Å². The molecule has 0 radical (unpaired) electrons. The van der Waals surface area contributed by atoms with Crippen LogP contribution in [0, 0.1) is 0 Å². The molecule has 1 aliphatic rings. The Balaban J connectivity index is 1.80. The van der Waals surface area contributed by atoms with Gasteiger partial charge < -0.3 is 14.9 Å². The highest BCUT2D eigenvalue weighted by molar-refractivity contribution is 6.06. The average Bonchev–Trinajstić information content (AvgIpc) is 3.06. The molecular formula is C16H14N2O3. The first kappa shape index (κ1) is 12.2. The van der Waals surface area contributed by atoms with Crippen molar-refractivity contribution in [2.45, 2.75) is 6.10 Å². The quantitative estimate of drug-likeness (QED) is 0.784. The van der Waals surface area contributed by atoms with Crippen molar-refractivity contribution in [3.05, 3.63) is 42.5 Å². The molecule has 2 N–H and O–H groups in total. The second-order valence-electron chi connectivity index (χ2n) is 5.13. The van der Waals surface area contributed by atoms with Crippen molar-refractivity contribution in [2.24, 2.45) is 5.73 Å². The number of para-hydroxylation sites is 1. The second kappa shape index (κ2) is 4.49. The molecule has 1 saturated heterocycles. The van der Waals surface area contributed by atoms with Crippen LogP contribution in [0.3, 0.4) is 0 Å². The summed E-state index contributed by atoms with van der Waals surface area (Å²) in [6, 6.07) is 13.6. The Hall–Kier alpha value is -2.53. The SMILES string of the molecule is NC[C@H]1CN(c2ccc3c(c2)oc2ccccc23)C(=O)O1. The highest BCUT2D eigenvalue weighted by Crippen LogP contribution is 2.32. The molecule has 0 unspecified atom stereocenters. The Morgan fingerprint density at radius 1 is 1.14 bits per heavy atom. The Morgan fingerprint density at radius 3 is 2.76 bits per heavy atom. The van der Waals surface area contributed by atoms with E-state index in [2.05, 4.69) is 0 Å². The predicted molar refractivity (Wildman–Crippen MR) is 80.4 cm³/mol. The summed E-state index contributed by atoms with van der Waals surface area (Å²) in [5.74, 6) is 0. The van der Waals surface area contributed by atoms with Crippen LogP contribution in [-0.2, 0) is 4.74 Å². The number of nitrogens with zero attached hydrogens (tertiary/aromatic N) is 1. The molecule has 5 heteroatoms. The molecule has 0 bridgehead atoms. The van der Waals surface area contributed by atoms with E-state index in [1.165, 1.54) is 0 Å². The first-order valence-electron chi connectivity index (χ1n) is 6.86. The smallest absolute Gasteiger partial charge is 0.414 e. The standard InChI is InChI=1S/C16H14N2O3/c17-8-11-9-18(16(19)20-11)10-5-6-13-12-3-1-2-4-14(12)21-15(13)7-10/h1-7,11H,8-9,17H2/t11-/m0/s1. The summed E-state index contributed by atoms with van der Waals surface area (Å²) < 4.78 is 11.0. The summed E-state index contributed by atoms with van der Waals surface area (Å²) in [4.78, 5) is 13.5. The summed E-state index contributed by atoms with van der Waals surface area (Å²) in [5, 5.41) is 2.11. The number of cyclic esters (lactones) is 1. The predicted octanol–water partition coefficient (Wildman–Crippen LogP) is 2.87. The molecule has 0 aliphatic carbocycles. The molecule has 4 rings (SSSR count). The highest BCUT2D eigenvalue weighted by Gasteiger charge is 2.31. The third-order valence-electron chi connectivity index (χ3n) is 3.81. The first-order chi connectivity index (χ1) is 10.3. The molecule has 1 amide bonds. The number of benzene rings is 2. The van der Waals surface area contributed by atoms with Gasteiger partial charge in [0.25, 0.3) is 0 Å². The minimum atomic E-state index is -0.360. The third-order valence-corrected chi connectivity index (χ3v) is 3.81. The number of hydrogen-bond acceptors (Lipinski definition) is 4. The number of rotatable bonds is 2. The lowest BCUT2D eigenvalue weighted by atomic mass is 10.1. The van der Waals surface area contributed by atoms with Crippen LogP contribution in [0.5, 0.6) is 0 Å². The third kappa shape index (κ3) is 1.86. The van der Waals surface area contributed by atoms with E-state index < -0.39 is 0 Å². The van der Waals surface area contributed by atoms with E-state index in [9.17, 15) is 4.79 Å². The number of nitrogens with two attached hydrogens (primary N) is 1. The summed E-state index contributed by atoms with van der Waals surface area (Å²) >= 11 is 0. The molecule has 0 spiro atoms. The number of hydrogen-bond donors (Lipinski definition) is 1. The summed E-state index contributed by atoms with van der Waals surface area (Å²) in [7, 11) is 0. The van der Waals surface area contributed by atoms with Crippen LogP contribution >= 0.6 is 0 Å². The van der Waals surface area contributed by atoms with E-state index in [1.54, 1.807) is 4.90 Å². The van der Waals surface area contributed by atoms with Gasteiger partial charge in [0, 0.05) is 23.4 Å². The fourth-order valence-electron chi connectivity index (χ4n) is 2.74. The number of fused-ring (bicyclic) bond motifs is 3. The van der Waals surface area contributed by atoms with Gasteiger partial charge in [-0.1, -0.05) is 18.2 Å². The van der Waals surface area contributed by atoms with Crippen molar-refractivity contribution >= 4 is 33.7 Å². The van der Waals surface area contributed by atoms with Crippen LogP contribution in [0.15, 0.2) is 46.9 Å². The first-order valence-corrected chi connectivity index (χ1v) is 6.86. The molecule has 3 aromatic rings. The van der Waals surface area contributed by atoms with Gasteiger partial charge in [-0.2, -0.15) is 0 Å². The Morgan fingerprint density at radius 2 is 1.95 bits per heavy atom. The van der Waals surface area contributed by atoms with Crippen LogP contribution in [0.2, 0.25) is 0 Å². The molecule has 1 aromatic heterocycles. The number of anilines is 1. The lowest BCUT2D eigenvalue weighted by Gasteiger charge is -2.12. The Labute approximate surface area is 120 Å². The Bertz CT molecular complexity index is 840. The van der Waals surface area contributed by atoms with Crippen molar-refractivity contribution in [3.63, 3.8) is 0 Å². The molecule has 1 atom stereocenters. The van der Waals surface area contributed by atoms with E-state index in [-0.39, 0.29) is 12.2 Å². The van der Waals surface area contributed by atoms with E-state index in [0.717, 1.165) is 27.6 Å². The molecule has 5 nitrogen and oxygen atoms in total. The van der Waals surface area contributed by atoms with Crippen LogP contribution in [0.4, 0.5) is 10.5 Å². The Kier molecular flexibility index (Phi) is 2.62. The largest absolute Gasteiger partial charge is 0.456 e. The van der Waals surface area contributed by atoms with Gasteiger partial charge in [0.15, 0.2) is 0 Å². The molecule has 1 fully saturated rings. The fraction of sp³-hybridized carbons (Fsp3) is 0.188. The summed E-state index contributed by atoms with van der Waals surface area (Å²) in [6.45, 7) is 0.802. The van der Waals surface area contributed by atoms with Gasteiger partial charge in [-0.05, 0) is 18.2 Å². The van der Waals surface area contributed by atoms with Crippen molar-refractivity contribution in [1.29, 1.82) is 0 Å². The van der Waals surface area contributed by atoms with Gasteiger partial charge in [-0.3, -0.25) is 4.90 Å². The van der Waals surface area contributed by atoms with Crippen LogP contribution in [-0.4, -0.2) is 25.3 Å². The fourth-order valence-corrected chi connectivity index (χ4v) is 2.74. The molecule has 21 heavy (non-hydrogen) atoms. The number of carbonyl (C=O) groups excluding carboxylic acids is 1. The molecule has 106 valence electrons. The monoisotopic (exact) mass is 282 g/mol. The van der Waals surface area contributed by atoms with Gasteiger partial charge in [0.05, 0.1) is 12.2 Å². The second-order valence-corrected chi connectivity index (χ2v) is 5.13. The maximum Gasteiger partial charge on any atom is 0.414 e. The zero-order valence-corrected chi connectivity index (χ0v) is 11.3. The lowest BCUT2D eigenvalue weighted by molar-refractivity contribution is 0.145. The van der Waals surface area contributed by atoms with Gasteiger partial charge in [-0.15, -0.1) is 0 Å². The average molecular weight is 282 g/mol. The van der Waals surface area contributed by atoms with Gasteiger partial charge in [-0.25, -0.2) is 4.79 Å². The summed E-state index contributed by atoms with van der Waals surface area (Å²) in [5.41, 5.74) is 7.92. The molecule has 2 heterocycles. The lowest BCUT2D eigenvalue weighted by Crippen LogP contribution is -2.27. The highest BCUT2D eigenvalue weighted by atomic mass is 16.6. The maximum atomic E-state index is 11.9. The molecule has 2 aromatic carbocycles. The van der Waals surface area contributed by atoms with Crippen LogP contribution in [0.25, 0.3) is 21.9 Å². The van der Waals surface area contributed by atoms with Crippen LogP contribution in [0.1, 0.15) is 0 Å². The van der Waals surface area contributed by atoms with E-state index in [0.29, 0.717) is 13.1 Å². The van der Waals surface area contributed by atoms with Gasteiger partial charge >= 0.3 is 6.09 Å². The van der Waals surface area contributed by atoms with Crippen molar-refractivity contribution < 1.29 is 13.9 Å². The zero-order valence-electron chi connectivity index (χ0n) is 11.3. The molecular weight excluding hydrogens is 268 g/mol. The van der Waals surface area contributed by atoms with Crippen molar-refractivity contribution in [3.8, 4) is 0 Å². The van der Waals surface area contributed by atoms with Gasteiger partial charge in [0.2, 0.25) is 0 Å². The number of ether oxygens (including phenoxy) is 1. The zero-order chi connectivity index (χ0) is 14.4. The number of furan rings is 1. The number of carbonyl (C=O) groups is 1. The molecule has 0 saturated carbocycles. The molecule has 1 aliphatic heterocycles. The topological polar surface area (TPSA) is 68.7 Å². The minimum Gasteiger partial charge on any atom is -0.456 e. The van der Waals surface area contributed by atoms with Crippen molar-refractivity contribution in [1.82, 2.24) is 0 Å². The van der Waals surface area contributed by atoms with Gasteiger partial charge in [0.1, 0.15) is 17.3 Å². The van der Waals surface area contributed by atoms with E-state index in [4.69, 9.17) is 14.9 Å². The van der Waals surface area contributed by atoms with Crippen LogP contribution < -0.4 is 10.6 Å². The normalized spacial score (nSPS) is 18.6.